The molecule has 0 bridgehead atoms. The van der Waals surface area contributed by atoms with E-state index in [1.54, 1.807) is 6.20 Å². The summed E-state index contributed by atoms with van der Waals surface area (Å²) in [7, 11) is -2.24. The van der Waals surface area contributed by atoms with Crippen LogP contribution in [0.15, 0.2) is 38.5 Å². The van der Waals surface area contributed by atoms with Crippen LogP contribution < -0.4 is 10.5 Å². The van der Waals surface area contributed by atoms with Crippen molar-refractivity contribution in [3.05, 3.63) is 39.8 Å². The molecule has 0 aliphatic carbocycles. The molecule has 21 heavy (non-hydrogen) atoms. The highest BCUT2D eigenvalue weighted by Gasteiger charge is 2.18. The maximum absolute atomic E-state index is 12.3. The van der Waals surface area contributed by atoms with E-state index >= 15 is 0 Å². The lowest BCUT2D eigenvalue weighted by Gasteiger charge is -2.05. The third-order valence-corrected chi connectivity index (χ3v) is 5.21. The SMILES string of the molecule is Cc1cnc(NS(=O)(=O)c2ccc3oc(=O)n(C)c3c2)s1. The summed E-state index contributed by atoms with van der Waals surface area (Å²) >= 11 is 1.25. The van der Waals surface area contributed by atoms with Crippen molar-refractivity contribution in [2.45, 2.75) is 11.8 Å². The lowest BCUT2D eigenvalue weighted by molar-refractivity contribution is 0.528. The highest BCUT2D eigenvalue weighted by molar-refractivity contribution is 7.93. The van der Waals surface area contributed by atoms with Crippen molar-refractivity contribution in [1.29, 1.82) is 0 Å². The smallest absolute Gasteiger partial charge is 0.408 e. The average molecular weight is 325 g/mol. The lowest BCUT2D eigenvalue weighted by atomic mass is 10.3. The first-order chi connectivity index (χ1) is 9.87. The van der Waals surface area contributed by atoms with Crippen LogP contribution >= 0.6 is 11.3 Å². The fourth-order valence-electron chi connectivity index (χ4n) is 1.85. The van der Waals surface area contributed by atoms with Crippen LogP contribution in [-0.4, -0.2) is 18.0 Å². The van der Waals surface area contributed by atoms with Gasteiger partial charge in [0.15, 0.2) is 10.7 Å². The number of anilines is 1. The van der Waals surface area contributed by atoms with Gasteiger partial charge in [-0.2, -0.15) is 0 Å². The maximum Gasteiger partial charge on any atom is 0.419 e. The van der Waals surface area contributed by atoms with Gasteiger partial charge in [-0.3, -0.25) is 9.29 Å². The quantitative estimate of drug-likeness (QED) is 0.791. The van der Waals surface area contributed by atoms with E-state index in [1.165, 1.54) is 41.2 Å². The van der Waals surface area contributed by atoms with Gasteiger partial charge in [0.25, 0.3) is 10.0 Å². The van der Waals surface area contributed by atoms with E-state index in [4.69, 9.17) is 4.42 Å². The third-order valence-electron chi connectivity index (χ3n) is 2.92. The summed E-state index contributed by atoms with van der Waals surface area (Å²) in [4.78, 5) is 16.3. The van der Waals surface area contributed by atoms with E-state index in [0.29, 0.717) is 16.2 Å². The van der Waals surface area contributed by atoms with Crippen LogP contribution in [0.25, 0.3) is 11.1 Å². The molecule has 0 radical (unpaired) electrons. The van der Waals surface area contributed by atoms with Gasteiger partial charge in [-0.25, -0.2) is 18.2 Å². The molecule has 1 aromatic carbocycles. The minimum absolute atomic E-state index is 0.0410. The zero-order valence-corrected chi connectivity index (χ0v) is 12.8. The molecular formula is C12H11N3O4S2. The molecule has 0 aliphatic rings. The largest absolute Gasteiger partial charge is 0.419 e. The number of oxazole rings is 1. The molecule has 0 spiro atoms. The van der Waals surface area contributed by atoms with E-state index in [0.717, 1.165) is 4.88 Å². The molecule has 0 atom stereocenters. The second-order valence-corrected chi connectivity index (χ2v) is 7.36. The predicted octanol–water partition coefficient (Wildman–Crippen LogP) is 1.70. The minimum Gasteiger partial charge on any atom is -0.408 e. The van der Waals surface area contributed by atoms with E-state index < -0.39 is 15.8 Å². The first kappa shape index (κ1) is 13.8. The Morgan fingerprint density at radius 1 is 1.38 bits per heavy atom. The number of nitrogens with zero attached hydrogens (tertiary/aromatic N) is 2. The highest BCUT2D eigenvalue weighted by Crippen LogP contribution is 2.23. The summed E-state index contributed by atoms with van der Waals surface area (Å²) < 4.78 is 33.3. The van der Waals surface area contributed by atoms with Gasteiger partial charge >= 0.3 is 5.76 Å². The third kappa shape index (κ3) is 2.45. The Hall–Kier alpha value is -2.13. The number of benzene rings is 1. The molecule has 0 saturated carbocycles. The van der Waals surface area contributed by atoms with Crippen LogP contribution in [0.2, 0.25) is 0 Å². The lowest BCUT2D eigenvalue weighted by Crippen LogP contribution is -2.13. The first-order valence-corrected chi connectivity index (χ1v) is 8.21. The summed E-state index contributed by atoms with van der Waals surface area (Å²) in [5.74, 6) is -0.539. The van der Waals surface area contributed by atoms with Crippen molar-refractivity contribution < 1.29 is 12.8 Å². The van der Waals surface area contributed by atoms with Gasteiger partial charge in [0.1, 0.15) is 0 Å². The molecule has 0 saturated heterocycles. The molecule has 0 amide bonds. The van der Waals surface area contributed by atoms with Crippen LogP contribution in [0.3, 0.4) is 0 Å². The molecule has 3 aromatic rings. The van der Waals surface area contributed by atoms with E-state index in [2.05, 4.69) is 9.71 Å². The molecule has 2 heterocycles. The van der Waals surface area contributed by atoms with Crippen LogP contribution in [-0.2, 0) is 17.1 Å². The Kier molecular flexibility index (Phi) is 3.10. The maximum atomic E-state index is 12.3. The first-order valence-electron chi connectivity index (χ1n) is 5.92. The highest BCUT2D eigenvalue weighted by atomic mass is 32.2. The molecule has 0 aliphatic heterocycles. The summed E-state index contributed by atoms with van der Waals surface area (Å²) in [5.41, 5.74) is 0.754. The normalized spacial score (nSPS) is 11.9. The molecule has 9 heteroatoms. The Morgan fingerprint density at radius 2 is 2.14 bits per heavy atom. The fraction of sp³-hybridized carbons (Fsp3) is 0.167. The van der Waals surface area contributed by atoms with Crippen molar-refractivity contribution in [3.63, 3.8) is 0 Å². The monoisotopic (exact) mass is 325 g/mol. The van der Waals surface area contributed by atoms with Gasteiger partial charge in [-0.05, 0) is 25.1 Å². The number of aryl methyl sites for hydroxylation is 2. The molecule has 110 valence electrons. The second kappa shape index (κ2) is 4.71. The average Bonchev–Trinajstić information content (AvgIpc) is 2.94. The van der Waals surface area contributed by atoms with Crippen LogP contribution in [0.1, 0.15) is 4.88 Å². The zero-order valence-electron chi connectivity index (χ0n) is 11.2. The molecule has 0 fully saturated rings. The number of fused-ring (bicyclic) bond motifs is 1. The van der Waals surface area contributed by atoms with Gasteiger partial charge in [0.2, 0.25) is 0 Å². The van der Waals surface area contributed by atoms with E-state index in [1.807, 2.05) is 6.92 Å². The Labute approximate surface area is 123 Å². The standard InChI is InChI=1S/C12H11N3O4S2/c1-7-6-13-11(20-7)14-21(17,18)8-3-4-10-9(5-8)15(2)12(16)19-10/h3-6H,1-2H3,(H,13,14). The van der Waals surface area contributed by atoms with Crippen molar-refractivity contribution in [1.82, 2.24) is 9.55 Å². The zero-order chi connectivity index (χ0) is 15.2. The van der Waals surface area contributed by atoms with E-state index in [9.17, 15) is 13.2 Å². The summed E-state index contributed by atoms with van der Waals surface area (Å²) in [6.45, 7) is 1.84. The summed E-state index contributed by atoms with van der Waals surface area (Å²) in [5, 5.41) is 0.300. The molecule has 7 nitrogen and oxygen atoms in total. The van der Waals surface area contributed by atoms with Crippen LogP contribution in [0.4, 0.5) is 5.13 Å². The van der Waals surface area contributed by atoms with Crippen molar-refractivity contribution in [2.75, 3.05) is 4.72 Å². The van der Waals surface area contributed by atoms with Gasteiger partial charge in [0.05, 0.1) is 10.4 Å². The molecule has 1 N–H and O–H groups in total. The number of nitrogens with one attached hydrogen (secondary N) is 1. The molecular weight excluding hydrogens is 314 g/mol. The minimum atomic E-state index is -3.76. The van der Waals surface area contributed by atoms with Crippen molar-refractivity contribution in [2.24, 2.45) is 7.05 Å². The number of hydrogen-bond acceptors (Lipinski definition) is 6. The number of hydrogen-bond donors (Lipinski definition) is 1. The summed E-state index contributed by atoms with van der Waals surface area (Å²) in [6.07, 6.45) is 1.59. The van der Waals surface area contributed by atoms with Gasteiger partial charge < -0.3 is 4.42 Å². The van der Waals surface area contributed by atoms with Gasteiger partial charge in [-0.1, -0.05) is 0 Å². The Bertz CT molecular complexity index is 982. The van der Waals surface area contributed by atoms with Crippen LogP contribution in [0, 0.1) is 6.92 Å². The van der Waals surface area contributed by atoms with Crippen molar-refractivity contribution in [3.8, 4) is 0 Å². The van der Waals surface area contributed by atoms with Crippen LogP contribution in [0.5, 0.6) is 0 Å². The Morgan fingerprint density at radius 3 is 2.81 bits per heavy atom. The molecule has 0 unspecified atom stereocenters. The number of thiazole rings is 1. The number of sulfonamides is 1. The molecule has 2 aromatic heterocycles. The fourth-order valence-corrected chi connectivity index (χ4v) is 3.78. The van der Waals surface area contributed by atoms with E-state index in [-0.39, 0.29) is 4.90 Å². The number of aromatic nitrogens is 2. The second-order valence-electron chi connectivity index (χ2n) is 4.44. The van der Waals surface area contributed by atoms with Crippen molar-refractivity contribution >= 4 is 37.6 Å². The Balaban J connectivity index is 2.06. The summed E-state index contributed by atoms with van der Waals surface area (Å²) in [6, 6.07) is 4.23. The van der Waals surface area contributed by atoms with Gasteiger partial charge in [0, 0.05) is 18.1 Å². The molecule has 3 rings (SSSR count). The van der Waals surface area contributed by atoms with Gasteiger partial charge in [-0.15, -0.1) is 11.3 Å². The predicted molar refractivity (Wildman–Crippen MR) is 79.1 cm³/mol. The topological polar surface area (TPSA) is 94.2 Å². The number of rotatable bonds is 3.